The van der Waals surface area contributed by atoms with Gasteiger partial charge in [0.25, 0.3) is 0 Å². The van der Waals surface area contributed by atoms with Crippen molar-refractivity contribution in [2.24, 2.45) is 5.73 Å². The maximum absolute atomic E-state index is 6.50. The molecule has 0 saturated carbocycles. The van der Waals surface area contributed by atoms with E-state index in [1.807, 2.05) is 55.3 Å². The van der Waals surface area contributed by atoms with Crippen molar-refractivity contribution in [1.29, 1.82) is 0 Å². The Kier molecular flexibility index (Phi) is 4.64. The molecule has 1 aliphatic rings. The molecule has 1 aromatic heterocycles. The summed E-state index contributed by atoms with van der Waals surface area (Å²) < 4.78 is 0. The smallest absolute Gasteiger partial charge is 0.155 e. The molecule has 2 aromatic carbocycles. The Balaban J connectivity index is 1.77. The molecule has 0 bridgehead atoms. The SMILES string of the molecule is Cc1nc(N2C=Cc3ccccc3C2N)c(C)nc1-c1ccc(Cl)cc1Cl. The Bertz CT molecular complexity index is 1060. The summed E-state index contributed by atoms with van der Waals surface area (Å²) in [6, 6.07) is 13.5. The van der Waals surface area contributed by atoms with E-state index >= 15 is 0 Å². The first-order valence-corrected chi connectivity index (χ1v) is 9.33. The van der Waals surface area contributed by atoms with Gasteiger partial charge in [0, 0.05) is 16.8 Å². The van der Waals surface area contributed by atoms with E-state index < -0.39 is 0 Å². The summed E-state index contributed by atoms with van der Waals surface area (Å²) in [5.74, 6) is 0.736. The molecule has 0 aliphatic carbocycles. The highest BCUT2D eigenvalue weighted by molar-refractivity contribution is 6.36. The molecule has 0 fully saturated rings. The predicted molar refractivity (Wildman–Crippen MR) is 112 cm³/mol. The van der Waals surface area contributed by atoms with Crippen LogP contribution in [0.3, 0.4) is 0 Å². The summed E-state index contributed by atoms with van der Waals surface area (Å²) >= 11 is 12.4. The van der Waals surface area contributed by atoms with Gasteiger partial charge in [0.1, 0.15) is 6.17 Å². The molecule has 4 rings (SSSR count). The Hall–Kier alpha value is -2.40. The molecule has 136 valence electrons. The van der Waals surface area contributed by atoms with Crippen molar-refractivity contribution >= 4 is 35.1 Å². The molecule has 0 saturated heterocycles. The maximum atomic E-state index is 6.50. The van der Waals surface area contributed by atoms with Gasteiger partial charge in [-0.2, -0.15) is 0 Å². The molecule has 27 heavy (non-hydrogen) atoms. The number of benzene rings is 2. The zero-order valence-corrected chi connectivity index (χ0v) is 16.5. The van der Waals surface area contributed by atoms with Crippen LogP contribution >= 0.6 is 23.2 Å². The van der Waals surface area contributed by atoms with Crippen LogP contribution in [0.25, 0.3) is 17.3 Å². The van der Waals surface area contributed by atoms with Gasteiger partial charge in [-0.15, -0.1) is 0 Å². The van der Waals surface area contributed by atoms with Crippen molar-refractivity contribution < 1.29 is 0 Å². The molecule has 0 radical (unpaired) electrons. The monoisotopic (exact) mass is 396 g/mol. The van der Waals surface area contributed by atoms with Gasteiger partial charge >= 0.3 is 0 Å². The molecule has 3 aromatic rings. The van der Waals surface area contributed by atoms with Crippen LogP contribution in [0.2, 0.25) is 10.0 Å². The van der Waals surface area contributed by atoms with E-state index in [1.165, 1.54) is 0 Å². The van der Waals surface area contributed by atoms with E-state index in [2.05, 4.69) is 6.07 Å². The van der Waals surface area contributed by atoms with Crippen LogP contribution in [0, 0.1) is 13.8 Å². The number of hydrogen-bond acceptors (Lipinski definition) is 4. The van der Waals surface area contributed by atoms with Crippen molar-refractivity contribution in [3.8, 4) is 11.3 Å². The van der Waals surface area contributed by atoms with Crippen LogP contribution in [0.5, 0.6) is 0 Å². The highest BCUT2D eigenvalue weighted by Gasteiger charge is 2.24. The Labute approximate surface area is 168 Å². The minimum Gasteiger partial charge on any atom is -0.311 e. The van der Waals surface area contributed by atoms with Crippen LogP contribution in [0.1, 0.15) is 28.7 Å². The van der Waals surface area contributed by atoms with Gasteiger partial charge < -0.3 is 10.6 Å². The third kappa shape index (κ3) is 3.21. The van der Waals surface area contributed by atoms with E-state index in [0.29, 0.717) is 10.0 Å². The maximum Gasteiger partial charge on any atom is 0.155 e. The molecule has 0 spiro atoms. The van der Waals surface area contributed by atoms with Crippen LogP contribution in [-0.2, 0) is 0 Å². The largest absolute Gasteiger partial charge is 0.311 e. The van der Waals surface area contributed by atoms with Crippen molar-refractivity contribution in [3.63, 3.8) is 0 Å². The van der Waals surface area contributed by atoms with E-state index in [4.69, 9.17) is 38.9 Å². The predicted octanol–water partition coefficient (Wildman–Crippen LogP) is 5.52. The topological polar surface area (TPSA) is 55.0 Å². The number of aromatic nitrogens is 2. The number of hydrogen-bond donors (Lipinski definition) is 1. The number of anilines is 1. The second kappa shape index (κ2) is 6.97. The minimum atomic E-state index is -0.316. The van der Waals surface area contributed by atoms with E-state index in [1.54, 1.807) is 12.1 Å². The molecule has 2 N–H and O–H groups in total. The van der Waals surface area contributed by atoms with Gasteiger partial charge in [0.05, 0.1) is 22.1 Å². The van der Waals surface area contributed by atoms with Gasteiger partial charge in [-0.3, -0.25) is 0 Å². The minimum absolute atomic E-state index is 0.316. The summed E-state index contributed by atoms with van der Waals surface area (Å²) in [7, 11) is 0. The van der Waals surface area contributed by atoms with E-state index in [-0.39, 0.29) is 6.17 Å². The third-order valence-electron chi connectivity index (χ3n) is 4.68. The molecule has 0 amide bonds. The summed E-state index contributed by atoms with van der Waals surface area (Å²) in [5, 5.41) is 1.14. The zero-order valence-electron chi connectivity index (χ0n) is 14.9. The van der Waals surface area contributed by atoms with Gasteiger partial charge in [-0.1, -0.05) is 47.5 Å². The molecule has 1 unspecified atom stereocenters. The lowest BCUT2D eigenvalue weighted by molar-refractivity contribution is 0.707. The fourth-order valence-corrected chi connectivity index (χ4v) is 3.81. The Morgan fingerprint density at radius 2 is 1.78 bits per heavy atom. The lowest BCUT2D eigenvalue weighted by atomic mass is 10.0. The standard InChI is InChI=1S/C21H18Cl2N4/c1-12-19(17-8-7-15(22)11-18(17)23)25-13(2)21(26-12)27-10-9-14-5-3-4-6-16(14)20(27)24/h3-11,20H,24H2,1-2H3. The van der Waals surface area contributed by atoms with Gasteiger partial charge in [-0.25, -0.2) is 9.97 Å². The van der Waals surface area contributed by atoms with Crippen LogP contribution in [0.15, 0.2) is 48.7 Å². The number of nitrogens with two attached hydrogens (primary N) is 1. The molecule has 6 heteroatoms. The van der Waals surface area contributed by atoms with Crippen LogP contribution in [0.4, 0.5) is 5.82 Å². The van der Waals surface area contributed by atoms with Crippen molar-refractivity contribution in [1.82, 2.24) is 9.97 Å². The molecular weight excluding hydrogens is 379 g/mol. The second-order valence-corrected chi connectivity index (χ2v) is 7.33. The normalized spacial score (nSPS) is 15.7. The first-order chi connectivity index (χ1) is 13.0. The zero-order chi connectivity index (χ0) is 19.1. The number of fused-ring (bicyclic) bond motifs is 1. The average molecular weight is 397 g/mol. The highest BCUT2D eigenvalue weighted by Crippen LogP contribution is 2.35. The first kappa shape index (κ1) is 18.0. The lowest BCUT2D eigenvalue weighted by Crippen LogP contribution is -2.34. The molecule has 1 aliphatic heterocycles. The van der Waals surface area contributed by atoms with Crippen molar-refractivity contribution in [2.75, 3.05) is 4.90 Å². The second-order valence-electron chi connectivity index (χ2n) is 6.49. The molecular formula is C21H18Cl2N4. The third-order valence-corrected chi connectivity index (χ3v) is 5.23. The fraction of sp³-hybridized carbons (Fsp3) is 0.143. The summed E-state index contributed by atoms with van der Waals surface area (Å²) in [6.07, 6.45) is 3.68. The first-order valence-electron chi connectivity index (χ1n) is 8.57. The summed E-state index contributed by atoms with van der Waals surface area (Å²) in [6.45, 7) is 3.85. The van der Waals surface area contributed by atoms with E-state index in [0.717, 1.165) is 39.6 Å². The van der Waals surface area contributed by atoms with E-state index in [9.17, 15) is 0 Å². The van der Waals surface area contributed by atoms with Gasteiger partial charge in [-0.05, 0) is 49.2 Å². The molecule has 1 atom stereocenters. The molecule has 4 nitrogen and oxygen atoms in total. The number of aryl methyl sites for hydroxylation is 2. The van der Waals surface area contributed by atoms with Crippen molar-refractivity contribution in [3.05, 3.63) is 81.2 Å². The van der Waals surface area contributed by atoms with Gasteiger partial charge in [0.2, 0.25) is 0 Å². The van der Waals surface area contributed by atoms with Crippen LogP contribution in [-0.4, -0.2) is 9.97 Å². The summed E-state index contributed by atoms with van der Waals surface area (Å²) in [5.41, 5.74) is 11.8. The van der Waals surface area contributed by atoms with Crippen molar-refractivity contribution in [2.45, 2.75) is 20.0 Å². The van der Waals surface area contributed by atoms with Gasteiger partial charge in [0.15, 0.2) is 5.82 Å². The lowest BCUT2D eigenvalue weighted by Gasteiger charge is -2.32. The number of halogens is 2. The number of rotatable bonds is 2. The highest BCUT2D eigenvalue weighted by atomic mass is 35.5. The average Bonchev–Trinajstić information content (AvgIpc) is 2.65. The number of nitrogens with zero attached hydrogens (tertiary/aromatic N) is 3. The molecule has 2 heterocycles. The summed E-state index contributed by atoms with van der Waals surface area (Å²) in [4.78, 5) is 11.5. The quantitative estimate of drug-likeness (QED) is 0.619. The Morgan fingerprint density at radius 1 is 1.00 bits per heavy atom. The fourth-order valence-electron chi connectivity index (χ4n) is 3.31. The Morgan fingerprint density at radius 3 is 2.56 bits per heavy atom. The van der Waals surface area contributed by atoms with Crippen LogP contribution < -0.4 is 10.6 Å².